The number of hydrogen-bond acceptors (Lipinski definition) is 5. The predicted molar refractivity (Wildman–Crippen MR) is 114 cm³/mol. The van der Waals surface area contributed by atoms with Crippen LogP contribution in [0.3, 0.4) is 0 Å². The van der Waals surface area contributed by atoms with E-state index in [1.165, 1.54) is 0 Å². The van der Waals surface area contributed by atoms with E-state index >= 15 is 0 Å². The first-order valence-electron chi connectivity index (χ1n) is 10.6. The van der Waals surface area contributed by atoms with Crippen molar-refractivity contribution in [2.24, 2.45) is 0 Å². The van der Waals surface area contributed by atoms with Crippen LogP contribution in [0.4, 0.5) is 0 Å². The molecule has 154 valence electrons. The van der Waals surface area contributed by atoms with Gasteiger partial charge in [-0.2, -0.15) is 0 Å². The van der Waals surface area contributed by atoms with Crippen LogP contribution in [0.25, 0.3) is 11.3 Å². The van der Waals surface area contributed by atoms with E-state index in [4.69, 9.17) is 24.2 Å². The first-order valence-corrected chi connectivity index (χ1v) is 10.6. The lowest BCUT2D eigenvalue weighted by Gasteiger charge is -2.20. The van der Waals surface area contributed by atoms with Gasteiger partial charge in [0, 0.05) is 11.6 Å². The minimum Gasteiger partial charge on any atom is -0.494 e. The van der Waals surface area contributed by atoms with Gasteiger partial charge < -0.3 is 14.2 Å². The Bertz CT molecular complexity index is 758. The lowest BCUT2D eigenvalue weighted by molar-refractivity contribution is 0.181. The molecule has 2 aromatic rings. The molecule has 0 spiro atoms. The monoisotopic (exact) mass is 386 g/mol. The SMILES string of the molecule is CCOc1ccc(-c2nc(CC)c(OC(CC)CC)nc2CC)c(OCC)c1. The zero-order valence-electron chi connectivity index (χ0n) is 18.2. The van der Waals surface area contributed by atoms with Crippen molar-refractivity contribution in [3.05, 3.63) is 29.6 Å². The molecule has 0 aliphatic heterocycles. The Hall–Kier alpha value is -2.30. The van der Waals surface area contributed by atoms with Gasteiger partial charge in [0.05, 0.1) is 30.7 Å². The van der Waals surface area contributed by atoms with E-state index in [0.29, 0.717) is 19.1 Å². The summed E-state index contributed by atoms with van der Waals surface area (Å²) in [5.41, 5.74) is 3.61. The van der Waals surface area contributed by atoms with Gasteiger partial charge in [0.1, 0.15) is 17.2 Å². The molecule has 0 saturated heterocycles. The highest BCUT2D eigenvalue weighted by Gasteiger charge is 2.19. The molecule has 0 unspecified atom stereocenters. The summed E-state index contributed by atoms with van der Waals surface area (Å²) in [4.78, 5) is 9.83. The Labute approximate surface area is 169 Å². The Morgan fingerprint density at radius 3 is 2.07 bits per heavy atom. The molecule has 1 aromatic heterocycles. The fourth-order valence-electron chi connectivity index (χ4n) is 3.12. The van der Waals surface area contributed by atoms with Crippen LogP contribution < -0.4 is 14.2 Å². The molecule has 0 aliphatic carbocycles. The minimum atomic E-state index is 0.166. The molecule has 28 heavy (non-hydrogen) atoms. The van der Waals surface area contributed by atoms with Crippen molar-refractivity contribution >= 4 is 0 Å². The molecule has 0 N–H and O–H groups in total. The van der Waals surface area contributed by atoms with E-state index in [1.54, 1.807) is 0 Å². The van der Waals surface area contributed by atoms with Gasteiger partial charge in [-0.25, -0.2) is 9.97 Å². The maximum atomic E-state index is 6.17. The van der Waals surface area contributed by atoms with Crippen LogP contribution in [0.15, 0.2) is 18.2 Å². The van der Waals surface area contributed by atoms with Crippen LogP contribution in [0.2, 0.25) is 0 Å². The standard InChI is InChI=1S/C23H34N2O3/c1-7-16(8-2)28-23-20(10-4)24-22(19(9-3)25-23)18-14-13-17(26-11-5)15-21(18)27-12-6/h13-16H,7-12H2,1-6H3. The number of ether oxygens (including phenoxy) is 3. The molecule has 0 bridgehead atoms. The third-order valence-electron chi connectivity index (χ3n) is 4.68. The van der Waals surface area contributed by atoms with E-state index < -0.39 is 0 Å². The van der Waals surface area contributed by atoms with Gasteiger partial charge in [0.25, 0.3) is 0 Å². The van der Waals surface area contributed by atoms with Crippen molar-refractivity contribution in [3.63, 3.8) is 0 Å². The molecule has 0 radical (unpaired) electrons. The fraction of sp³-hybridized carbons (Fsp3) is 0.565. The van der Waals surface area contributed by atoms with Crippen molar-refractivity contribution in [1.29, 1.82) is 0 Å². The van der Waals surface area contributed by atoms with E-state index in [1.807, 2.05) is 32.0 Å². The zero-order chi connectivity index (χ0) is 20.5. The van der Waals surface area contributed by atoms with Crippen LogP contribution >= 0.6 is 0 Å². The average molecular weight is 387 g/mol. The summed E-state index contributed by atoms with van der Waals surface area (Å²) < 4.78 is 17.7. The smallest absolute Gasteiger partial charge is 0.236 e. The number of benzene rings is 1. The summed E-state index contributed by atoms with van der Waals surface area (Å²) in [7, 11) is 0. The summed E-state index contributed by atoms with van der Waals surface area (Å²) in [6, 6.07) is 5.91. The predicted octanol–water partition coefficient (Wildman–Crippen LogP) is 5.63. The van der Waals surface area contributed by atoms with Gasteiger partial charge in [0.15, 0.2) is 0 Å². The van der Waals surface area contributed by atoms with Gasteiger partial charge in [-0.05, 0) is 51.7 Å². The average Bonchev–Trinajstić information content (AvgIpc) is 2.72. The molecular formula is C23H34N2O3. The molecule has 5 nitrogen and oxygen atoms in total. The molecular weight excluding hydrogens is 352 g/mol. The van der Waals surface area contributed by atoms with Gasteiger partial charge in [-0.1, -0.05) is 27.7 Å². The number of aromatic nitrogens is 2. The van der Waals surface area contributed by atoms with Crippen molar-refractivity contribution in [2.45, 2.75) is 73.3 Å². The minimum absolute atomic E-state index is 0.166. The van der Waals surface area contributed by atoms with E-state index in [2.05, 4.69) is 27.7 Å². The largest absolute Gasteiger partial charge is 0.494 e. The van der Waals surface area contributed by atoms with Crippen LogP contribution in [0, 0.1) is 0 Å². The second kappa shape index (κ2) is 10.9. The summed E-state index contributed by atoms with van der Waals surface area (Å²) in [5.74, 6) is 2.24. The first kappa shape index (κ1) is 22.0. The normalized spacial score (nSPS) is 11.0. The topological polar surface area (TPSA) is 53.5 Å². The second-order valence-corrected chi connectivity index (χ2v) is 6.56. The summed E-state index contributed by atoms with van der Waals surface area (Å²) in [5, 5.41) is 0. The maximum Gasteiger partial charge on any atom is 0.236 e. The lowest BCUT2D eigenvalue weighted by atomic mass is 10.1. The molecule has 0 atom stereocenters. The van der Waals surface area contributed by atoms with Gasteiger partial charge in [0.2, 0.25) is 5.88 Å². The van der Waals surface area contributed by atoms with Crippen molar-refractivity contribution in [2.75, 3.05) is 13.2 Å². The molecule has 0 amide bonds. The third kappa shape index (κ3) is 5.15. The molecule has 1 aromatic carbocycles. The number of rotatable bonds is 11. The quantitative estimate of drug-likeness (QED) is 0.501. The first-order chi connectivity index (χ1) is 13.6. The van der Waals surface area contributed by atoms with E-state index in [9.17, 15) is 0 Å². The summed E-state index contributed by atoms with van der Waals surface area (Å²) in [6.07, 6.45) is 3.61. The van der Waals surface area contributed by atoms with Crippen LogP contribution in [-0.2, 0) is 12.8 Å². The summed E-state index contributed by atoms with van der Waals surface area (Å²) in [6.45, 7) is 13.6. The molecule has 2 rings (SSSR count). The Kier molecular flexibility index (Phi) is 8.55. The fourth-order valence-corrected chi connectivity index (χ4v) is 3.12. The third-order valence-corrected chi connectivity index (χ3v) is 4.68. The Morgan fingerprint density at radius 2 is 1.50 bits per heavy atom. The van der Waals surface area contributed by atoms with Crippen molar-refractivity contribution in [3.8, 4) is 28.6 Å². The molecule has 5 heteroatoms. The highest BCUT2D eigenvalue weighted by Crippen LogP contribution is 2.36. The number of aryl methyl sites for hydroxylation is 2. The lowest BCUT2D eigenvalue weighted by Crippen LogP contribution is -2.17. The summed E-state index contributed by atoms with van der Waals surface area (Å²) >= 11 is 0. The maximum absolute atomic E-state index is 6.17. The van der Waals surface area contributed by atoms with E-state index in [0.717, 1.165) is 59.8 Å². The van der Waals surface area contributed by atoms with Gasteiger partial charge in [-0.3, -0.25) is 0 Å². The highest BCUT2D eigenvalue weighted by molar-refractivity contribution is 5.71. The second-order valence-electron chi connectivity index (χ2n) is 6.56. The van der Waals surface area contributed by atoms with E-state index in [-0.39, 0.29) is 6.10 Å². The van der Waals surface area contributed by atoms with Gasteiger partial charge >= 0.3 is 0 Å². The number of nitrogens with zero attached hydrogens (tertiary/aromatic N) is 2. The molecule has 0 aliphatic rings. The molecule has 0 fully saturated rings. The molecule has 1 heterocycles. The zero-order valence-corrected chi connectivity index (χ0v) is 18.2. The van der Waals surface area contributed by atoms with Gasteiger partial charge in [-0.15, -0.1) is 0 Å². The number of hydrogen-bond donors (Lipinski definition) is 0. The van der Waals surface area contributed by atoms with Crippen LogP contribution in [0.5, 0.6) is 17.4 Å². The van der Waals surface area contributed by atoms with Crippen LogP contribution in [0.1, 0.15) is 65.8 Å². The molecule has 0 saturated carbocycles. The van der Waals surface area contributed by atoms with Crippen LogP contribution in [-0.4, -0.2) is 29.3 Å². The van der Waals surface area contributed by atoms with Crippen molar-refractivity contribution in [1.82, 2.24) is 9.97 Å². The Balaban J connectivity index is 2.55. The van der Waals surface area contributed by atoms with Crippen molar-refractivity contribution < 1.29 is 14.2 Å². The highest BCUT2D eigenvalue weighted by atomic mass is 16.5. The Morgan fingerprint density at radius 1 is 0.821 bits per heavy atom.